The van der Waals surface area contributed by atoms with Crippen LogP contribution in [0.1, 0.15) is 38.3 Å². The van der Waals surface area contributed by atoms with Gasteiger partial charge in [-0.05, 0) is 42.5 Å². The van der Waals surface area contributed by atoms with Gasteiger partial charge in [-0.1, -0.05) is 25.4 Å². The predicted octanol–water partition coefficient (Wildman–Crippen LogP) is 3.28. The van der Waals surface area contributed by atoms with E-state index in [0.717, 1.165) is 15.5 Å². The third-order valence-electron chi connectivity index (χ3n) is 4.12. The van der Waals surface area contributed by atoms with E-state index >= 15 is 0 Å². The van der Waals surface area contributed by atoms with Crippen molar-refractivity contribution < 1.29 is 4.21 Å². The Bertz CT molecular complexity index is 501. The number of halogens is 1. The van der Waals surface area contributed by atoms with Crippen LogP contribution in [0.25, 0.3) is 0 Å². The molecule has 0 bridgehead atoms. The van der Waals surface area contributed by atoms with Crippen molar-refractivity contribution >= 4 is 22.4 Å². The number of hydrogen-bond acceptors (Lipinski definition) is 2. The van der Waals surface area contributed by atoms with Crippen LogP contribution in [0.2, 0.25) is 5.02 Å². The molecule has 0 spiro atoms. The van der Waals surface area contributed by atoms with E-state index in [1.165, 1.54) is 12.8 Å². The summed E-state index contributed by atoms with van der Waals surface area (Å²) in [4.78, 5) is 0.961. The molecule has 1 saturated carbocycles. The third-order valence-corrected chi connectivity index (χ3v) is 6.27. The topological polar surface area (TPSA) is 29.1 Å². The second kappa shape index (κ2) is 4.62. The van der Waals surface area contributed by atoms with E-state index in [1.807, 2.05) is 18.2 Å². The maximum Gasteiger partial charge on any atom is 0.0564 e. The van der Waals surface area contributed by atoms with Crippen LogP contribution in [-0.2, 0) is 10.8 Å². The molecule has 4 atom stereocenters. The lowest BCUT2D eigenvalue weighted by atomic mass is 9.91. The largest absolute Gasteiger partial charge is 0.307 e. The molecular weight excluding hydrogens is 266 g/mol. The van der Waals surface area contributed by atoms with Gasteiger partial charge in [0.2, 0.25) is 0 Å². The van der Waals surface area contributed by atoms with Crippen LogP contribution in [0.3, 0.4) is 0 Å². The molecule has 4 unspecified atom stereocenters. The number of fused-ring (bicyclic) bond motifs is 1. The molecule has 2 nitrogen and oxygen atoms in total. The van der Waals surface area contributed by atoms with E-state index in [9.17, 15) is 4.21 Å². The standard InChI is InChI=1S/C14H18ClNOS/c1-8-9(2)18(17)13-6-3-10(15)7-12(13)14(8)16-11-4-5-11/h3,6-9,11,14,16H,4-5H2,1-2H3. The van der Waals surface area contributed by atoms with Crippen molar-refractivity contribution in [2.45, 2.75) is 48.9 Å². The molecule has 18 heavy (non-hydrogen) atoms. The maximum atomic E-state index is 12.4. The van der Waals surface area contributed by atoms with Crippen LogP contribution in [0.4, 0.5) is 0 Å². The zero-order valence-corrected chi connectivity index (χ0v) is 12.2. The van der Waals surface area contributed by atoms with E-state index in [2.05, 4.69) is 19.2 Å². The quantitative estimate of drug-likeness (QED) is 0.902. The second-order valence-corrected chi connectivity index (χ2v) is 7.68. The highest BCUT2D eigenvalue weighted by Crippen LogP contribution is 2.40. The van der Waals surface area contributed by atoms with Crippen molar-refractivity contribution in [3.63, 3.8) is 0 Å². The first-order valence-electron chi connectivity index (χ1n) is 6.54. The molecule has 3 rings (SSSR count). The molecule has 1 N–H and O–H groups in total. The SMILES string of the molecule is CC1C(NC2CC2)c2cc(Cl)ccc2S(=O)C1C. The number of hydrogen-bond donors (Lipinski definition) is 1. The van der Waals surface area contributed by atoms with Crippen LogP contribution < -0.4 is 5.32 Å². The van der Waals surface area contributed by atoms with Crippen molar-refractivity contribution in [1.82, 2.24) is 5.32 Å². The number of nitrogens with one attached hydrogen (secondary N) is 1. The molecule has 2 aliphatic rings. The van der Waals surface area contributed by atoms with Gasteiger partial charge in [0, 0.05) is 27.3 Å². The van der Waals surface area contributed by atoms with Crippen molar-refractivity contribution in [2.75, 3.05) is 0 Å². The Morgan fingerprint density at radius 2 is 2.06 bits per heavy atom. The normalized spacial score (nSPS) is 35.3. The molecule has 0 aromatic heterocycles. The highest BCUT2D eigenvalue weighted by atomic mass is 35.5. The Morgan fingerprint density at radius 1 is 1.33 bits per heavy atom. The zero-order valence-electron chi connectivity index (χ0n) is 10.7. The zero-order chi connectivity index (χ0) is 12.9. The van der Waals surface area contributed by atoms with Gasteiger partial charge < -0.3 is 5.32 Å². The summed E-state index contributed by atoms with van der Waals surface area (Å²) in [6.45, 7) is 4.27. The van der Waals surface area contributed by atoms with Crippen molar-refractivity contribution in [3.05, 3.63) is 28.8 Å². The molecule has 1 aromatic carbocycles. The summed E-state index contributed by atoms with van der Waals surface area (Å²) in [7, 11) is -0.912. The van der Waals surface area contributed by atoms with E-state index in [-0.39, 0.29) is 5.25 Å². The summed E-state index contributed by atoms with van der Waals surface area (Å²) in [6.07, 6.45) is 2.52. The lowest BCUT2D eigenvalue weighted by Gasteiger charge is -2.36. The first-order valence-corrected chi connectivity index (χ1v) is 8.13. The average Bonchev–Trinajstić information content (AvgIpc) is 3.16. The highest BCUT2D eigenvalue weighted by molar-refractivity contribution is 7.85. The molecular formula is C14H18ClNOS. The monoisotopic (exact) mass is 283 g/mol. The lowest BCUT2D eigenvalue weighted by molar-refractivity contribution is 0.364. The molecule has 4 heteroatoms. The molecule has 1 aliphatic carbocycles. The Balaban J connectivity index is 2.04. The second-order valence-electron chi connectivity index (χ2n) is 5.46. The van der Waals surface area contributed by atoms with Gasteiger partial charge in [0.05, 0.1) is 10.8 Å². The van der Waals surface area contributed by atoms with Crippen molar-refractivity contribution in [3.8, 4) is 0 Å². The van der Waals surface area contributed by atoms with Gasteiger partial charge in [0.1, 0.15) is 0 Å². The molecule has 0 saturated heterocycles. The summed E-state index contributed by atoms with van der Waals surface area (Å²) < 4.78 is 12.4. The average molecular weight is 284 g/mol. The molecule has 0 radical (unpaired) electrons. The minimum Gasteiger partial charge on any atom is -0.307 e. The first kappa shape index (κ1) is 12.6. The summed E-state index contributed by atoms with van der Waals surface area (Å²) in [5.74, 6) is 0.373. The molecule has 1 heterocycles. The summed E-state index contributed by atoms with van der Waals surface area (Å²) in [5, 5.41) is 4.61. The summed E-state index contributed by atoms with van der Waals surface area (Å²) >= 11 is 6.10. The van der Waals surface area contributed by atoms with Gasteiger partial charge in [-0.15, -0.1) is 0 Å². The first-order chi connectivity index (χ1) is 8.58. The highest BCUT2D eigenvalue weighted by Gasteiger charge is 2.38. The fraction of sp³-hybridized carbons (Fsp3) is 0.571. The van der Waals surface area contributed by atoms with Crippen LogP contribution in [0.5, 0.6) is 0 Å². The van der Waals surface area contributed by atoms with Gasteiger partial charge in [-0.3, -0.25) is 4.21 Å². The third kappa shape index (κ3) is 2.13. The molecule has 98 valence electrons. The molecule has 1 aliphatic heterocycles. The van der Waals surface area contributed by atoms with Gasteiger partial charge in [-0.25, -0.2) is 0 Å². The van der Waals surface area contributed by atoms with E-state index in [1.54, 1.807) is 0 Å². The van der Waals surface area contributed by atoms with Crippen LogP contribution >= 0.6 is 11.6 Å². The van der Waals surface area contributed by atoms with E-state index in [4.69, 9.17) is 11.6 Å². The molecule has 1 aromatic rings. The Hall–Kier alpha value is -0.380. The minimum absolute atomic E-state index is 0.190. The van der Waals surface area contributed by atoms with Gasteiger partial charge in [0.15, 0.2) is 0 Å². The Morgan fingerprint density at radius 3 is 2.72 bits per heavy atom. The molecule has 0 amide bonds. The van der Waals surface area contributed by atoms with Gasteiger partial charge in [0.25, 0.3) is 0 Å². The summed E-state index contributed by atoms with van der Waals surface area (Å²) in [5.41, 5.74) is 1.14. The van der Waals surface area contributed by atoms with Crippen LogP contribution in [0.15, 0.2) is 23.1 Å². The number of rotatable bonds is 2. The lowest BCUT2D eigenvalue weighted by Crippen LogP contribution is -2.39. The van der Waals surface area contributed by atoms with Gasteiger partial charge in [-0.2, -0.15) is 0 Å². The van der Waals surface area contributed by atoms with Crippen molar-refractivity contribution in [2.24, 2.45) is 5.92 Å². The van der Waals surface area contributed by atoms with Crippen molar-refractivity contribution in [1.29, 1.82) is 0 Å². The van der Waals surface area contributed by atoms with Gasteiger partial charge >= 0.3 is 0 Å². The summed E-state index contributed by atoms with van der Waals surface area (Å²) in [6, 6.07) is 6.69. The fourth-order valence-corrected chi connectivity index (χ4v) is 4.39. The minimum atomic E-state index is -0.912. The van der Waals surface area contributed by atoms with Crippen LogP contribution in [-0.4, -0.2) is 15.5 Å². The maximum absolute atomic E-state index is 12.4. The Labute approximate surface area is 116 Å². The fourth-order valence-electron chi connectivity index (χ4n) is 2.64. The number of benzene rings is 1. The smallest absolute Gasteiger partial charge is 0.0564 e. The van der Waals surface area contributed by atoms with E-state index < -0.39 is 10.8 Å². The Kier molecular flexibility index (Phi) is 3.25. The molecule has 1 fully saturated rings. The van der Waals surface area contributed by atoms with E-state index in [0.29, 0.717) is 18.0 Å². The predicted molar refractivity (Wildman–Crippen MR) is 75.4 cm³/mol. The van der Waals surface area contributed by atoms with Crippen LogP contribution in [0, 0.1) is 5.92 Å².